The Morgan fingerprint density at radius 1 is 1.58 bits per heavy atom. The van der Waals surface area contributed by atoms with E-state index in [9.17, 15) is 0 Å². The monoisotopic (exact) mass is 247 g/mol. The van der Waals surface area contributed by atoms with Crippen LogP contribution in [0.3, 0.4) is 0 Å². The number of epoxide rings is 1. The third kappa shape index (κ3) is 1.63. The second kappa shape index (κ2) is 2.98. The van der Waals surface area contributed by atoms with Crippen molar-refractivity contribution in [1.82, 2.24) is 4.98 Å². The molecule has 0 spiro atoms. The first-order chi connectivity index (χ1) is 5.66. The lowest BCUT2D eigenvalue weighted by Gasteiger charge is -1.97. The molecule has 12 heavy (non-hydrogen) atoms. The smallest absolute Gasteiger partial charge is 0.130 e. The van der Waals surface area contributed by atoms with E-state index in [2.05, 4.69) is 20.9 Å². The van der Waals surface area contributed by atoms with E-state index < -0.39 is 0 Å². The molecule has 2 atom stereocenters. The summed E-state index contributed by atoms with van der Waals surface area (Å²) in [6, 6.07) is 3.76. The largest absolute Gasteiger partial charge is 0.365 e. The first-order valence-electron chi connectivity index (χ1n) is 3.65. The molecule has 0 bridgehead atoms. The Morgan fingerprint density at radius 3 is 2.75 bits per heavy atom. The minimum Gasteiger partial charge on any atom is -0.365 e. The number of rotatable bonds is 1. The molecule has 4 heteroatoms. The van der Waals surface area contributed by atoms with Gasteiger partial charge < -0.3 is 4.74 Å². The molecule has 64 valence electrons. The van der Waals surface area contributed by atoms with Gasteiger partial charge in [-0.2, -0.15) is 0 Å². The third-order valence-corrected chi connectivity index (χ3v) is 2.42. The number of hydrogen-bond acceptors (Lipinski definition) is 2. The van der Waals surface area contributed by atoms with Crippen LogP contribution < -0.4 is 0 Å². The summed E-state index contributed by atoms with van der Waals surface area (Å²) in [5.74, 6) is 0. The summed E-state index contributed by atoms with van der Waals surface area (Å²) < 4.78 is 6.06. The van der Waals surface area contributed by atoms with Crippen molar-refractivity contribution in [3.63, 3.8) is 0 Å². The van der Waals surface area contributed by atoms with Gasteiger partial charge in [0.2, 0.25) is 0 Å². The molecule has 0 amide bonds. The van der Waals surface area contributed by atoms with Gasteiger partial charge in [0.15, 0.2) is 0 Å². The van der Waals surface area contributed by atoms with Crippen LogP contribution in [0, 0.1) is 0 Å². The van der Waals surface area contributed by atoms with Crippen LogP contribution in [0.25, 0.3) is 0 Å². The molecule has 1 aromatic heterocycles. The molecule has 2 nitrogen and oxygen atoms in total. The molecule has 0 N–H and O–H groups in total. The fourth-order valence-corrected chi connectivity index (χ4v) is 1.96. The van der Waals surface area contributed by atoms with Gasteiger partial charge in [0.05, 0.1) is 6.10 Å². The van der Waals surface area contributed by atoms with Gasteiger partial charge in [-0.3, -0.25) is 0 Å². The fourth-order valence-electron chi connectivity index (χ4n) is 1.18. The zero-order valence-corrected chi connectivity index (χ0v) is 8.76. The normalized spacial score (nSPS) is 27.2. The minimum atomic E-state index is 0.210. The quantitative estimate of drug-likeness (QED) is 0.564. The van der Waals surface area contributed by atoms with Gasteiger partial charge in [-0.05, 0) is 40.5 Å². The van der Waals surface area contributed by atoms with Gasteiger partial charge in [-0.1, -0.05) is 11.6 Å². The second-order valence-corrected chi connectivity index (χ2v) is 4.01. The summed E-state index contributed by atoms with van der Waals surface area (Å²) in [6.45, 7) is 2.03. The van der Waals surface area contributed by atoms with E-state index in [4.69, 9.17) is 16.3 Å². The van der Waals surface area contributed by atoms with Crippen molar-refractivity contribution < 1.29 is 4.74 Å². The average molecular weight is 249 g/mol. The molecule has 2 rings (SSSR count). The van der Waals surface area contributed by atoms with Crippen molar-refractivity contribution in [1.29, 1.82) is 0 Å². The Labute approximate surface area is 84.0 Å². The van der Waals surface area contributed by atoms with Gasteiger partial charge in [0, 0.05) is 0 Å². The zero-order chi connectivity index (χ0) is 8.72. The van der Waals surface area contributed by atoms with E-state index in [1.807, 2.05) is 19.1 Å². The number of aromatic nitrogens is 1. The van der Waals surface area contributed by atoms with E-state index in [0.717, 1.165) is 10.2 Å². The Morgan fingerprint density at radius 2 is 2.25 bits per heavy atom. The molecule has 0 aliphatic carbocycles. The van der Waals surface area contributed by atoms with Gasteiger partial charge >= 0.3 is 0 Å². The van der Waals surface area contributed by atoms with Crippen molar-refractivity contribution in [2.24, 2.45) is 0 Å². The predicted molar refractivity (Wildman–Crippen MR) is 50.2 cm³/mol. The lowest BCUT2D eigenvalue weighted by Crippen LogP contribution is -1.86. The highest BCUT2D eigenvalue weighted by molar-refractivity contribution is 9.10. The van der Waals surface area contributed by atoms with Gasteiger partial charge in [-0.25, -0.2) is 4.98 Å². The molecule has 1 aliphatic rings. The maximum atomic E-state index is 5.77. The number of halogens is 2. The molecule has 1 aliphatic heterocycles. The predicted octanol–water partition coefficient (Wildman–Crippen LogP) is 2.96. The molecule has 2 unspecified atom stereocenters. The van der Waals surface area contributed by atoms with Gasteiger partial charge in [0.1, 0.15) is 15.9 Å². The molecular formula is C8H7BrClNO. The van der Waals surface area contributed by atoms with Crippen LogP contribution in [-0.2, 0) is 4.74 Å². The molecule has 0 aromatic carbocycles. The van der Waals surface area contributed by atoms with Gasteiger partial charge in [0.25, 0.3) is 0 Å². The maximum Gasteiger partial charge on any atom is 0.130 e. The highest BCUT2D eigenvalue weighted by Gasteiger charge is 2.36. The third-order valence-electron chi connectivity index (χ3n) is 1.82. The van der Waals surface area contributed by atoms with Crippen LogP contribution in [-0.4, -0.2) is 11.1 Å². The Balaban J connectivity index is 2.32. The Bertz CT molecular complexity index is 298. The summed E-state index contributed by atoms with van der Waals surface area (Å²) in [5, 5.41) is 0.502. The van der Waals surface area contributed by atoms with Crippen LogP contribution in [0.5, 0.6) is 0 Å². The second-order valence-electron chi connectivity index (χ2n) is 2.81. The van der Waals surface area contributed by atoms with Crippen molar-refractivity contribution in [3.05, 3.63) is 27.5 Å². The van der Waals surface area contributed by atoms with E-state index in [1.54, 1.807) is 0 Å². The summed E-state index contributed by atoms with van der Waals surface area (Å²) in [7, 11) is 0. The standard InChI is InChI=1S/C8H7BrClNO/c1-4-8(12-4)5-2-6(9)11-7(10)3-5/h2-4,8H,1H3. The van der Waals surface area contributed by atoms with Crippen LogP contribution in [0.2, 0.25) is 5.15 Å². The molecule has 1 fully saturated rings. The Hall–Kier alpha value is -0.120. The van der Waals surface area contributed by atoms with Gasteiger partial charge in [-0.15, -0.1) is 0 Å². The van der Waals surface area contributed by atoms with E-state index in [0.29, 0.717) is 11.3 Å². The summed E-state index contributed by atoms with van der Waals surface area (Å²) in [4.78, 5) is 4.00. The van der Waals surface area contributed by atoms with Crippen LogP contribution in [0.1, 0.15) is 18.6 Å². The van der Waals surface area contributed by atoms with Crippen molar-refractivity contribution >= 4 is 27.5 Å². The highest BCUT2D eigenvalue weighted by Crippen LogP contribution is 2.39. The van der Waals surface area contributed by atoms with Crippen LogP contribution in [0.15, 0.2) is 16.7 Å². The number of nitrogens with zero attached hydrogens (tertiary/aromatic N) is 1. The molecule has 2 heterocycles. The fraction of sp³-hybridized carbons (Fsp3) is 0.375. The number of hydrogen-bond donors (Lipinski definition) is 0. The molecule has 0 radical (unpaired) electrons. The van der Waals surface area contributed by atoms with E-state index in [-0.39, 0.29) is 6.10 Å². The van der Waals surface area contributed by atoms with Crippen LogP contribution >= 0.6 is 27.5 Å². The van der Waals surface area contributed by atoms with Crippen molar-refractivity contribution in [3.8, 4) is 0 Å². The highest BCUT2D eigenvalue weighted by atomic mass is 79.9. The topological polar surface area (TPSA) is 25.4 Å². The summed E-state index contributed by atoms with van der Waals surface area (Å²) in [6.07, 6.45) is 0.525. The van der Waals surface area contributed by atoms with Crippen LogP contribution in [0.4, 0.5) is 0 Å². The van der Waals surface area contributed by atoms with E-state index in [1.165, 1.54) is 0 Å². The maximum absolute atomic E-state index is 5.77. The average Bonchev–Trinajstić information content (AvgIpc) is 2.64. The number of ether oxygens (including phenoxy) is 1. The SMILES string of the molecule is CC1OC1c1cc(Cl)nc(Br)c1. The summed E-state index contributed by atoms with van der Waals surface area (Å²) in [5.41, 5.74) is 1.09. The Kier molecular flexibility index (Phi) is 2.10. The molecule has 1 saturated heterocycles. The zero-order valence-electron chi connectivity index (χ0n) is 6.42. The first-order valence-corrected chi connectivity index (χ1v) is 4.82. The lowest BCUT2D eigenvalue weighted by molar-refractivity contribution is 0.383. The molecule has 1 aromatic rings. The van der Waals surface area contributed by atoms with Crippen molar-refractivity contribution in [2.75, 3.05) is 0 Å². The van der Waals surface area contributed by atoms with Crippen molar-refractivity contribution in [2.45, 2.75) is 19.1 Å². The number of pyridine rings is 1. The molecular weight excluding hydrogens is 241 g/mol. The first kappa shape index (κ1) is 8.48. The summed E-state index contributed by atoms with van der Waals surface area (Å²) >= 11 is 9.05. The minimum absolute atomic E-state index is 0.210. The lowest BCUT2D eigenvalue weighted by atomic mass is 10.2. The molecule has 0 saturated carbocycles. The van der Waals surface area contributed by atoms with E-state index >= 15 is 0 Å².